The second-order valence-electron chi connectivity index (χ2n) is 6.31. The van der Waals surface area contributed by atoms with Gasteiger partial charge in [-0.25, -0.2) is 4.98 Å². The number of carboxylic acids is 1. The Bertz CT molecular complexity index is 996. The Kier molecular flexibility index (Phi) is 4.12. The van der Waals surface area contributed by atoms with Gasteiger partial charge in [-0.15, -0.1) is 0 Å². The van der Waals surface area contributed by atoms with Gasteiger partial charge in [-0.3, -0.25) is 9.59 Å². The topological polar surface area (TPSA) is 83.6 Å². The molecule has 0 aliphatic carbocycles. The molecule has 7 heteroatoms. The number of hydrogen-bond acceptors (Lipinski definition) is 4. The lowest BCUT2D eigenvalue weighted by molar-refractivity contribution is -0.141. The Morgan fingerprint density at radius 2 is 2.04 bits per heavy atom. The average molecular weight is 371 g/mol. The second kappa shape index (κ2) is 6.46. The monoisotopic (exact) mass is 370 g/mol. The summed E-state index contributed by atoms with van der Waals surface area (Å²) in [6.07, 6.45) is 0.552. The van der Waals surface area contributed by atoms with Crippen molar-refractivity contribution in [2.45, 2.75) is 12.8 Å². The Balaban J connectivity index is 1.59. The zero-order chi connectivity index (χ0) is 18.3. The van der Waals surface area contributed by atoms with Crippen LogP contribution in [-0.4, -0.2) is 28.5 Å². The highest BCUT2D eigenvalue weighted by Crippen LogP contribution is 2.29. The van der Waals surface area contributed by atoms with Crippen LogP contribution in [-0.2, 0) is 16.0 Å². The van der Waals surface area contributed by atoms with Crippen molar-refractivity contribution >= 4 is 40.3 Å². The van der Waals surface area contributed by atoms with Crippen LogP contribution in [0, 0.1) is 5.92 Å². The van der Waals surface area contributed by atoms with E-state index in [0.717, 1.165) is 5.56 Å². The number of hydrogen-bond donors (Lipinski definition) is 1. The summed E-state index contributed by atoms with van der Waals surface area (Å²) in [5, 5.41) is 9.78. The molecule has 0 saturated carbocycles. The van der Waals surface area contributed by atoms with E-state index < -0.39 is 11.9 Å². The number of halogens is 1. The van der Waals surface area contributed by atoms with Crippen LogP contribution in [0.4, 0.5) is 5.69 Å². The van der Waals surface area contributed by atoms with Crippen molar-refractivity contribution < 1.29 is 19.1 Å². The molecule has 1 saturated heterocycles. The number of amides is 1. The van der Waals surface area contributed by atoms with Crippen LogP contribution in [0.2, 0.25) is 5.02 Å². The molecule has 1 unspecified atom stereocenters. The van der Waals surface area contributed by atoms with Gasteiger partial charge in [0, 0.05) is 36.2 Å². The summed E-state index contributed by atoms with van der Waals surface area (Å²) in [7, 11) is 0. The van der Waals surface area contributed by atoms with Crippen molar-refractivity contribution in [1.82, 2.24) is 4.98 Å². The van der Waals surface area contributed by atoms with Crippen molar-refractivity contribution in [3.8, 4) is 0 Å². The van der Waals surface area contributed by atoms with Gasteiger partial charge < -0.3 is 14.4 Å². The third-order valence-corrected chi connectivity index (χ3v) is 4.72. The SMILES string of the molecule is O=C(O)C1CC(=O)N(c2ccc3nc(Cc4ccc(Cl)cc4)oc3c2)C1. The van der Waals surface area contributed by atoms with Crippen LogP contribution >= 0.6 is 11.6 Å². The number of benzene rings is 2. The van der Waals surface area contributed by atoms with E-state index in [-0.39, 0.29) is 18.9 Å². The number of carbonyl (C=O) groups excluding carboxylic acids is 1. The Morgan fingerprint density at radius 1 is 1.27 bits per heavy atom. The first-order chi connectivity index (χ1) is 12.5. The number of carbonyl (C=O) groups is 2. The van der Waals surface area contributed by atoms with Crippen molar-refractivity contribution in [3.05, 3.63) is 58.9 Å². The maximum absolute atomic E-state index is 12.1. The summed E-state index contributed by atoms with van der Waals surface area (Å²) >= 11 is 5.89. The summed E-state index contributed by atoms with van der Waals surface area (Å²) in [5.74, 6) is -1.26. The van der Waals surface area contributed by atoms with Crippen LogP contribution in [0.15, 0.2) is 46.9 Å². The standard InChI is InChI=1S/C19H15ClN2O4/c20-13-3-1-11(2-4-13)7-17-21-15-6-5-14(9-16(15)26-17)22-10-12(19(24)25)8-18(22)23/h1-6,9,12H,7-8,10H2,(H,24,25). The third kappa shape index (κ3) is 3.15. The smallest absolute Gasteiger partial charge is 0.308 e. The van der Waals surface area contributed by atoms with E-state index >= 15 is 0 Å². The van der Waals surface area contributed by atoms with E-state index in [2.05, 4.69) is 4.98 Å². The summed E-state index contributed by atoms with van der Waals surface area (Å²) in [6, 6.07) is 12.7. The number of anilines is 1. The van der Waals surface area contributed by atoms with Gasteiger partial charge in [-0.1, -0.05) is 23.7 Å². The summed E-state index contributed by atoms with van der Waals surface area (Å²) < 4.78 is 5.81. The van der Waals surface area contributed by atoms with Crippen LogP contribution in [0.5, 0.6) is 0 Å². The van der Waals surface area contributed by atoms with E-state index in [4.69, 9.17) is 21.1 Å². The van der Waals surface area contributed by atoms with Crippen molar-refractivity contribution in [1.29, 1.82) is 0 Å². The Morgan fingerprint density at radius 3 is 2.73 bits per heavy atom. The van der Waals surface area contributed by atoms with Crippen LogP contribution < -0.4 is 4.90 Å². The lowest BCUT2D eigenvalue weighted by Crippen LogP contribution is -2.25. The van der Waals surface area contributed by atoms with Gasteiger partial charge in [0.25, 0.3) is 0 Å². The minimum Gasteiger partial charge on any atom is -0.481 e. The number of nitrogens with zero attached hydrogens (tertiary/aromatic N) is 2. The van der Waals surface area contributed by atoms with Crippen LogP contribution in [0.25, 0.3) is 11.1 Å². The molecule has 0 bridgehead atoms. The van der Waals surface area contributed by atoms with E-state index in [1.807, 2.05) is 24.3 Å². The molecule has 1 N–H and O–H groups in total. The maximum atomic E-state index is 12.1. The van der Waals surface area contributed by atoms with Gasteiger partial charge in [-0.2, -0.15) is 0 Å². The molecule has 1 atom stereocenters. The predicted molar refractivity (Wildman–Crippen MR) is 96.4 cm³/mol. The number of carboxylic acid groups (broad SMARTS) is 1. The molecule has 26 heavy (non-hydrogen) atoms. The minimum atomic E-state index is -0.952. The highest BCUT2D eigenvalue weighted by molar-refractivity contribution is 6.30. The highest BCUT2D eigenvalue weighted by atomic mass is 35.5. The van der Waals surface area contributed by atoms with Gasteiger partial charge in [0.05, 0.1) is 5.92 Å². The van der Waals surface area contributed by atoms with E-state index in [1.54, 1.807) is 18.2 Å². The van der Waals surface area contributed by atoms with Gasteiger partial charge >= 0.3 is 5.97 Å². The fourth-order valence-corrected chi connectivity index (χ4v) is 3.23. The fraction of sp³-hybridized carbons (Fsp3) is 0.211. The summed E-state index contributed by atoms with van der Waals surface area (Å²) in [4.78, 5) is 29.2. The molecule has 0 radical (unpaired) electrons. The van der Waals surface area contributed by atoms with Gasteiger partial charge in [0.1, 0.15) is 5.52 Å². The largest absolute Gasteiger partial charge is 0.481 e. The Labute approximate surface area is 154 Å². The first-order valence-electron chi connectivity index (χ1n) is 8.16. The fourth-order valence-electron chi connectivity index (χ4n) is 3.10. The number of aliphatic carboxylic acids is 1. The van der Waals surface area contributed by atoms with Gasteiger partial charge in [-0.05, 0) is 29.8 Å². The van der Waals surface area contributed by atoms with Crippen molar-refractivity contribution in [2.75, 3.05) is 11.4 Å². The van der Waals surface area contributed by atoms with Crippen molar-refractivity contribution in [2.24, 2.45) is 5.92 Å². The molecular formula is C19H15ClN2O4. The summed E-state index contributed by atoms with van der Waals surface area (Å²) in [5.41, 5.74) is 2.91. The van der Waals surface area contributed by atoms with E-state index in [9.17, 15) is 9.59 Å². The lowest BCUT2D eigenvalue weighted by Gasteiger charge is -2.15. The number of aromatic nitrogens is 1. The van der Waals surface area contributed by atoms with Gasteiger partial charge in [0.2, 0.25) is 5.91 Å². The molecule has 1 fully saturated rings. The maximum Gasteiger partial charge on any atom is 0.308 e. The molecule has 132 valence electrons. The first kappa shape index (κ1) is 16.6. The molecular weight excluding hydrogens is 356 g/mol. The quantitative estimate of drug-likeness (QED) is 0.759. The molecule has 1 aliphatic heterocycles. The number of fused-ring (bicyclic) bond motifs is 1. The van der Waals surface area contributed by atoms with Crippen LogP contribution in [0.1, 0.15) is 17.9 Å². The normalized spacial score (nSPS) is 17.2. The van der Waals surface area contributed by atoms with E-state index in [0.29, 0.717) is 34.1 Å². The molecule has 1 aromatic heterocycles. The number of oxazole rings is 1. The second-order valence-corrected chi connectivity index (χ2v) is 6.74. The molecule has 6 nitrogen and oxygen atoms in total. The van der Waals surface area contributed by atoms with Gasteiger partial charge in [0.15, 0.2) is 11.5 Å². The molecule has 1 aliphatic rings. The minimum absolute atomic E-state index is 0.0194. The highest BCUT2D eigenvalue weighted by Gasteiger charge is 2.35. The molecule has 0 spiro atoms. The van der Waals surface area contributed by atoms with Crippen molar-refractivity contribution in [3.63, 3.8) is 0 Å². The average Bonchev–Trinajstić information content (AvgIpc) is 3.19. The third-order valence-electron chi connectivity index (χ3n) is 4.47. The molecule has 1 amide bonds. The lowest BCUT2D eigenvalue weighted by atomic mass is 10.1. The Hall–Kier alpha value is -2.86. The zero-order valence-electron chi connectivity index (χ0n) is 13.7. The number of rotatable bonds is 4. The summed E-state index contributed by atoms with van der Waals surface area (Å²) in [6.45, 7) is 0.172. The predicted octanol–water partition coefficient (Wildman–Crippen LogP) is 3.51. The van der Waals surface area contributed by atoms with E-state index in [1.165, 1.54) is 4.90 Å². The first-order valence-corrected chi connectivity index (χ1v) is 8.54. The molecule has 2 aromatic carbocycles. The van der Waals surface area contributed by atoms with Crippen LogP contribution in [0.3, 0.4) is 0 Å². The molecule has 2 heterocycles. The molecule has 4 rings (SSSR count). The molecule has 3 aromatic rings. The zero-order valence-corrected chi connectivity index (χ0v) is 14.4.